The average molecular weight is 403 g/mol. The number of rotatable bonds is 3. The summed E-state index contributed by atoms with van der Waals surface area (Å²) in [5, 5.41) is 3.50. The molecule has 1 aromatic heterocycles. The van der Waals surface area contributed by atoms with Crippen LogP contribution in [-0.2, 0) is 6.54 Å². The fourth-order valence-corrected chi connectivity index (χ4v) is 3.77. The van der Waals surface area contributed by atoms with Gasteiger partial charge in [-0.3, -0.25) is 9.88 Å². The minimum absolute atomic E-state index is 0.00260. The van der Waals surface area contributed by atoms with E-state index in [2.05, 4.69) is 10.3 Å². The molecule has 1 aliphatic heterocycles. The Labute approximate surface area is 166 Å². The largest absolute Gasteiger partial charge is 0.405 e. The van der Waals surface area contributed by atoms with Crippen LogP contribution in [0.3, 0.4) is 0 Å². The van der Waals surface area contributed by atoms with Gasteiger partial charge in [0.05, 0.1) is 5.52 Å². The molecule has 2 heterocycles. The summed E-state index contributed by atoms with van der Waals surface area (Å²) in [4.78, 5) is 6.27. The number of halogens is 4. The van der Waals surface area contributed by atoms with Crippen LogP contribution < -0.4 is 5.32 Å². The van der Waals surface area contributed by atoms with E-state index in [9.17, 15) is 17.6 Å². The number of nitrogens with zero attached hydrogens (tertiary/aromatic N) is 2. The van der Waals surface area contributed by atoms with Crippen molar-refractivity contribution in [2.45, 2.75) is 31.7 Å². The standard InChI is InChI=1S/C22H21F4N3/c1-14-11-28-21(22(24,25)26)13-29(14)12-15-2-7-19-18(8-9-27-20(19)10-15)16-3-5-17(23)6-4-16/h2-10,14,21,28H,11-13H2,1H3/t14-,21?/m1/s1. The van der Waals surface area contributed by atoms with Gasteiger partial charge >= 0.3 is 6.18 Å². The number of hydrogen-bond donors (Lipinski definition) is 1. The van der Waals surface area contributed by atoms with E-state index in [-0.39, 0.29) is 18.4 Å². The maximum atomic E-state index is 13.2. The van der Waals surface area contributed by atoms with Crippen molar-refractivity contribution >= 4 is 10.9 Å². The quantitative estimate of drug-likeness (QED) is 0.639. The minimum atomic E-state index is -4.26. The lowest BCUT2D eigenvalue weighted by Gasteiger charge is -2.39. The lowest BCUT2D eigenvalue weighted by molar-refractivity contribution is -0.168. The predicted octanol–water partition coefficient (Wildman–Crippen LogP) is 4.77. The fraction of sp³-hybridized carbons (Fsp3) is 0.318. The third-order valence-corrected chi connectivity index (χ3v) is 5.44. The number of fused-ring (bicyclic) bond motifs is 1. The molecule has 1 N–H and O–H groups in total. The van der Waals surface area contributed by atoms with E-state index in [0.717, 1.165) is 27.6 Å². The van der Waals surface area contributed by atoms with Crippen molar-refractivity contribution in [1.82, 2.24) is 15.2 Å². The lowest BCUT2D eigenvalue weighted by atomic mass is 9.99. The predicted molar refractivity (Wildman–Crippen MR) is 105 cm³/mol. The fourth-order valence-electron chi connectivity index (χ4n) is 3.77. The van der Waals surface area contributed by atoms with Crippen molar-refractivity contribution in [2.24, 2.45) is 0 Å². The molecule has 1 saturated heterocycles. The zero-order chi connectivity index (χ0) is 20.6. The van der Waals surface area contributed by atoms with Gasteiger partial charge in [0.25, 0.3) is 0 Å². The first-order valence-electron chi connectivity index (χ1n) is 9.49. The SMILES string of the molecule is C[C@@H]1CNC(C(F)(F)F)CN1Cc1ccc2c(-c3ccc(F)cc3)ccnc2c1. The van der Waals surface area contributed by atoms with Crippen molar-refractivity contribution in [3.05, 3.63) is 66.1 Å². The minimum Gasteiger partial charge on any atom is -0.304 e. The molecule has 4 rings (SSSR count). The highest BCUT2D eigenvalue weighted by Crippen LogP contribution is 2.29. The van der Waals surface area contributed by atoms with Gasteiger partial charge in [0.1, 0.15) is 11.9 Å². The highest BCUT2D eigenvalue weighted by Gasteiger charge is 2.43. The number of pyridine rings is 1. The van der Waals surface area contributed by atoms with Gasteiger partial charge in [0.15, 0.2) is 0 Å². The summed E-state index contributed by atoms with van der Waals surface area (Å²) in [6, 6.07) is 12.4. The average Bonchev–Trinajstić information content (AvgIpc) is 2.69. The van der Waals surface area contributed by atoms with E-state index in [1.807, 2.05) is 36.1 Å². The number of piperazine rings is 1. The lowest BCUT2D eigenvalue weighted by Crippen LogP contribution is -2.60. The van der Waals surface area contributed by atoms with Crippen molar-refractivity contribution in [3.63, 3.8) is 0 Å². The van der Waals surface area contributed by atoms with Gasteiger partial charge in [-0.2, -0.15) is 13.2 Å². The van der Waals surface area contributed by atoms with Crippen LogP contribution in [0.1, 0.15) is 12.5 Å². The van der Waals surface area contributed by atoms with Crippen molar-refractivity contribution in [2.75, 3.05) is 13.1 Å². The van der Waals surface area contributed by atoms with Gasteiger partial charge in [-0.15, -0.1) is 0 Å². The molecule has 0 aliphatic carbocycles. The normalized spacial score (nSPS) is 20.9. The van der Waals surface area contributed by atoms with E-state index in [1.54, 1.807) is 18.3 Å². The summed E-state index contributed by atoms with van der Waals surface area (Å²) < 4.78 is 52.5. The molecule has 1 fully saturated rings. The Morgan fingerprint density at radius 3 is 2.59 bits per heavy atom. The van der Waals surface area contributed by atoms with Gasteiger partial charge in [-0.25, -0.2) is 4.39 Å². The Hall–Kier alpha value is -2.51. The molecule has 152 valence electrons. The number of alkyl halides is 3. The molecule has 0 spiro atoms. The van der Waals surface area contributed by atoms with Crippen LogP contribution in [0.25, 0.3) is 22.0 Å². The Kier molecular flexibility index (Phi) is 5.27. The number of hydrogen-bond acceptors (Lipinski definition) is 3. The van der Waals surface area contributed by atoms with Crippen LogP contribution in [0.2, 0.25) is 0 Å². The zero-order valence-electron chi connectivity index (χ0n) is 15.9. The molecule has 2 atom stereocenters. The Bertz CT molecular complexity index is 1000. The molecule has 0 saturated carbocycles. The van der Waals surface area contributed by atoms with E-state index >= 15 is 0 Å². The Morgan fingerprint density at radius 2 is 1.86 bits per heavy atom. The first kappa shape index (κ1) is 19.8. The van der Waals surface area contributed by atoms with Crippen molar-refractivity contribution in [3.8, 4) is 11.1 Å². The second kappa shape index (κ2) is 7.72. The molecule has 0 amide bonds. The maximum Gasteiger partial charge on any atom is 0.405 e. The zero-order valence-corrected chi connectivity index (χ0v) is 15.9. The molecule has 3 nitrogen and oxygen atoms in total. The van der Waals surface area contributed by atoms with Crippen LogP contribution in [-0.4, -0.2) is 41.2 Å². The Morgan fingerprint density at radius 1 is 1.10 bits per heavy atom. The molecule has 2 aromatic carbocycles. The number of aromatic nitrogens is 1. The third kappa shape index (κ3) is 4.26. The first-order valence-corrected chi connectivity index (χ1v) is 9.49. The summed E-state index contributed by atoms with van der Waals surface area (Å²) in [6.45, 7) is 2.57. The molecular weight excluding hydrogens is 382 g/mol. The highest BCUT2D eigenvalue weighted by atomic mass is 19.4. The molecule has 0 radical (unpaired) electrons. The molecule has 29 heavy (non-hydrogen) atoms. The molecule has 1 unspecified atom stereocenters. The number of benzene rings is 2. The topological polar surface area (TPSA) is 28.2 Å². The van der Waals surface area contributed by atoms with Crippen LogP contribution in [0.5, 0.6) is 0 Å². The van der Waals surface area contributed by atoms with Crippen LogP contribution in [0, 0.1) is 5.82 Å². The number of nitrogens with one attached hydrogen (secondary N) is 1. The molecule has 1 aliphatic rings. The summed E-state index contributed by atoms with van der Waals surface area (Å²) in [5.41, 5.74) is 3.50. The molecule has 0 bridgehead atoms. The smallest absolute Gasteiger partial charge is 0.304 e. The summed E-state index contributed by atoms with van der Waals surface area (Å²) >= 11 is 0. The summed E-state index contributed by atoms with van der Waals surface area (Å²) in [5.74, 6) is -0.295. The summed E-state index contributed by atoms with van der Waals surface area (Å²) in [7, 11) is 0. The molecule has 7 heteroatoms. The Balaban J connectivity index is 1.60. The monoisotopic (exact) mass is 403 g/mol. The van der Waals surface area contributed by atoms with E-state index in [4.69, 9.17) is 0 Å². The van der Waals surface area contributed by atoms with Gasteiger partial charge in [0, 0.05) is 37.3 Å². The second-order valence-electron chi connectivity index (χ2n) is 7.50. The second-order valence-corrected chi connectivity index (χ2v) is 7.50. The molecular formula is C22H21F4N3. The first-order chi connectivity index (χ1) is 13.8. The molecule has 3 aromatic rings. The van der Waals surface area contributed by atoms with Gasteiger partial charge < -0.3 is 5.32 Å². The van der Waals surface area contributed by atoms with Gasteiger partial charge in [-0.05, 0) is 47.9 Å². The van der Waals surface area contributed by atoms with Crippen molar-refractivity contribution in [1.29, 1.82) is 0 Å². The third-order valence-electron chi connectivity index (χ3n) is 5.44. The van der Waals surface area contributed by atoms with Gasteiger partial charge in [0.2, 0.25) is 0 Å². The van der Waals surface area contributed by atoms with Crippen LogP contribution >= 0.6 is 0 Å². The van der Waals surface area contributed by atoms with Crippen LogP contribution in [0.4, 0.5) is 17.6 Å². The van der Waals surface area contributed by atoms with Crippen LogP contribution in [0.15, 0.2) is 54.7 Å². The van der Waals surface area contributed by atoms with Gasteiger partial charge in [-0.1, -0.05) is 24.3 Å². The van der Waals surface area contributed by atoms with E-state index < -0.39 is 12.2 Å². The highest BCUT2D eigenvalue weighted by molar-refractivity contribution is 5.94. The summed E-state index contributed by atoms with van der Waals surface area (Å²) in [6.07, 6.45) is -2.56. The van der Waals surface area contributed by atoms with E-state index in [1.165, 1.54) is 12.1 Å². The van der Waals surface area contributed by atoms with Crippen molar-refractivity contribution < 1.29 is 17.6 Å². The maximum absolute atomic E-state index is 13.2. The van der Waals surface area contributed by atoms with E-state index in [0.29, 0.717) is 13.1 Å².